The van der Waals surface area contributed by atoms with Gasteiger partial charge in [0.25, 0.3) is 0 Å². The second-order valence-electron chi connectivity index (χ2n) is 4.20. The number of aromatic amines is 1. The van der Waals surface area contributed by atoms with E-state index in [2.05, 4.69) is 20.1 Å². The molecule has 0 aliphatic heterocycles. The summed E-state index contributed by atoms with van der Waals surface area (Å²) in [6, 6.07) is 0. The Labute approximate surface area is 103 Å². The molecule has 0 aliphatic carbocycles. The van der Waals surface area contributed by atoms with Crippen LogP contribution in [-0.2, 0) is 6.42 Å². The average Bonchev–Trinajstić information content (AvgIpc) is 2.99. The molecule has 0 radical (unpaired) electrons. The number of imidazole rings is 2. The molecule has 0 saturated carbocycles. The highest BCUT2D eigenvalue weighted by molar-refractivity contribution is 5.52. The van der Waals surface area contributed by atoms with Crippen molar-refractivity contribution < 1.29 is 4.52 Å². The summed E-state index contributed by atoms with van der Waals surface area (Å²) >= 11 is 0. The molecule has 94 valence electrons. The van der Waals surface area contributed by atoms with Gasteiger partial charge < -0.3 is 15.2 Å². The van der Waals surface area contributed by atoms with Crippen molar-refractivity contribution in [2.24, 2.45) is 5.73 Å². The lowest BCUT2D eigenvalue weighted by atomic mass is 10.3. The quantitative estimate of drug-likeness (QED) is 0.713. The lowest BCUT2D eigenvalue weighted by Gasteiger charge is -1.88. The molecular formula is C11H14N6O. The molecule has 3 rings (SSSR count). The predicted molar refractivity (Wildman–Crippen MR) is 64.9 cm³/mol. The summed E-state index contributed by atoms with van der Waals surface area (Å²) in [6.45, 7) is 2.60. The minimum atomic E-state index is 0.511. The van der Waals surface area contributed by atoms with Crippen LogP contribution in [0.2, 0.25) is 0 Å². The summed E-state index contributed by atoms with van der Waals surface area (Å²) in [5.74, 6) is 1.89. The van der Waals surface area contributed by atoms with Crippen LogP contribution in [0.3, 0.4) is 0 Å². The third-order valence-electron chi connectivity index (χ3n) is 2.67. The van der Waals surface area contributed by atoms with Crippen molar-refractivity contribution in [1.29, 1.82) is 0 Å². The van der Waals surface area contributed by atoms with Crippen LogP contribution in [0.25, 0.3) is 17.3 Å². The van der Waals surface area contributed by atoms with E-state index >= 15 is 0 Å². The van der Waals surface area contributed by atoms with E-state index in [0.29, 0.717) is 30.4 Å². The van der Waals surface area contributed by atoms with Crippen LogP contribution in [0.5, 0.6) is 0 Å². The number of nitrogens with two attached hydrogens (primary N) is 1. The molecule has 3 heterocycles. The molecule has 0 unspecified atom stereocenters. The first-order valence-corrected chi connectivity index (χ1v) is 5.83. The van der Waals surface area contributed by atoms with Crippen LogP contribution in [0.15, 0.2) is 16.9 Å². The standard InChI is InChI=1S/C11H14N6O/c1-7-5-17-6-8(14-11(17)13-7)10-15-9(18-16-10)3-2-4-12/h5-6H,2-4,12H2,1H3,(H,13,14). The first-order chi connectivity index (χ1) is 8.76. The molecule has 18 heavy (non-hydrogen) atoms. The zero-order valence-corrected chi connectivity index (χ0v) is 10.1. The maximum Gasteiger partial charge on any atom is 0.227 e. The van der Waals surface area contributed by atoms with Gasteiger partial charge in [-0.05, 0) is 19.9 Å². The van der Waals surface area contributed by atoms with Crippen molar-refractivity contribution in [3.8, 4) is 11.5 Å². The topological polar surface area (TPSA) is 98.0 Å². The van der Waals surface area contributed by atoms with E-state index in [1.165, 1.54) is 0 Å². The molecule has 3 N–H and O–H groups in total. The SMILES string of the molecule is Cc1cn2cc(-c3noc(CCCN)n3)nc2[nH]1. The molecule has 0 aliphatic rings. The van der Waals surface area contributed by atoms with Crippen LogP contribution in [-0.4, -0.2) is 31.1 Å². The number of rotatable bonds is 4. The fourth-order valence-electron chi connectivity index (χ4n) is 1.82. The molecule has 0 atom stereocenters. The van der Waals surface area contributed by atoms with Gasteiger partial charge >= 0.3 is 0 Å². The van der Waals surface area contributed by atoms with E-state index in [-0.39, 0.29) is 0 Å². The van der Waals surface area contributed by atoms with E-state index in [1.54, 1.807) is 0 Å². The molecule has 0 amide bonds. The lowest BCUT2D eigenvalue weighted by molar-refractivity contribution is 0.376. The number of aryl methyl sites for hydroxylation is 2. The Morgan fingerprint density at radius 1 is 1.39 bits per heavy atom. The highest BCUT2D eigenvalue weighted by Crippen LogP contribution is 2.16. The number of fused-ring (bicyclic) bond motifs is 1. The smallest absolute Gasteiger partial charge is 0.227 e. The molecule has 0 aromatic carbocycles. The van der Waals surface area contributed by atoms with Gasteiger partial charge in [-0.1, -0.05) is 5.16 Å². The van der Waals surface area contributed by atoms with Crippen LogP contribution in [0.4, 0.5) is 0 Å². The third kappa shape index (κ3) is 1.88. The normalized spacial score (nSPS) is 11.4. The Hall–Kier alpha value is -2.15. The van der Waals surface area contributed by atoms with Gasteiger partial charge in [0, 0.05) is 24.5 Å². The first-order valence-electron chi connectivity index (χ1n) is 5.83. The second-order valence-corrected chi connectivity index (χ2v) is 4.20. The van der Waals surface area contributed by atoms with E-state index in [1.807, 2.05) is 23.7 Å². The minimum absolute atomic E-state index is 0.511. The molecule has 0 saturated heterocycles. The monoisotopic (exact) mass is 246 g/mol. The number of nitrogens with one attached hydrogen (secondary N) is 1. The van der Waals surface area contributed by atoms with E-state index < -0.39 is 0 Å². The predicted octanol–water partition coefficient (Wildman–Crippen LogP) is 0.912. The Balaban J connectivity index is 1.88. The van der Waals surface area contributed by atoms with Crippen LogP contribution in [0, 0.1) is 6.92 Å². The first kappa shape index (κ1) is 11.0. The molecule has 0 bridgehead atoms. The molecule has 0 fully saturated rings. The van der Waals surface area contributed by atoms with Gasteiger partial charge in [0.15, 0.2) is 0 Å². The summed E-state index contributed by atoms with van der Waals surface area (Å²) in [4.78, 5) is 11.8. The fourth-order valence-corrected chi connectivity index (χ4v) is 1.82. The number of aromatic nitrogens is 5. The number of hydrogen-bond acceptors (Lipinski definition) is 5. The van der Waals surface area contributed by atoms with Gasteiger partial charge in [-0.2, -0.15) is 4.98 Å². The fraction of sp³-hybridized carbons (Fsp3) is 0.364. The average molecular weight is 246 g/mol. The maximum atomic E-state index is 5.44. The summed E-state index contributed by atoms with van der Waals surface area (Å²) in [5.41, 5.74) is 7.19. The van der Waals surface area contributed by atoms with E-state index in [4.69, 9.17) is 10.3 Å². The van der Waals surface area contributed by atoms with E-state index in [0.717, 1.165) is 17.9 Å². The summed E-state index contributed by atoms with van der Waals surface area (Å²) in [6.07, 6.45) is 5.37. The summed E-state index contributed by atoms with van der Waals surface area (Å²) in [7, 11) is 0. The van der Waals surface area contributed by atoms with Gasteiger partial charge in [-0.3, -0.25) is 4.40 Å². The Kier molecular flexibility index (Phi) is 2.60. The van der Waals surface area contributed by atoms with E-state index in [9.17, 15) is 0 Å². The lowest BCUT2D eigenvalue weighted by Crippen LogP contribution is -2.00. The van der Waals surface area contributed by atoms with Gasteiger partial charge in [0.05, 0.1) is 0 Å². The van der Waals surface area contributed by atoms with Crippen LogP contribution < -0.4 is 5.73 Å². The largest absolute Gasteiger partial charge is 0.339 e. The summed E-state index contributed by atoms with van der Waals surface area (Å²) < 4.78 is 7.04. The van der Waals surface area contributed by atoms with Crippen molar-refractivity contribution in [2.75, 3.05) is 6.54 Å². The van der Waals surface area contributed by atoms with Crippen molar-refractivity contribution >= 4 is 5.78 Å². The van der Waals surface area contributed by atoms with Crippen molar-refractivity contribution in [3.63, 3.8) is 0 Å². The zero-order chi connectivity index (χ0) is 12.5. The molecule has 0 spiro atoms. The Morgan fingerprint density at radius 3 is 3.06 bits per heavy atom. The molecule has 7 nitrogen and oxygen atoms in total. The minimum Gasteiger partial charge on any atom is -0.339 e. The van der Waals surface area contributed by atoms with Crippen molar-refractivity contribution in [2.45, 2.75) is 19.8 Å². The maximum absolute atomic E-state index is 5.44. The molecule has 3 aromatic heterocycles. The molecule has 7 heteroatoms. The number of nitrogens with zero attached hydrogens (tertiary/aromatic N) is 4. The highest BCUT2D eigenvalue weighted by atomic mass is 16.5. The second kappa shape index (κ2) is 4.26. The Morgan fingerprint density at radius 2 is 2.28 bits per heavy atom. The van der Waals surface area contributed by atoms with Crippen LogP contribution >= 0.6 is 0 Å². The van der Waals surface area contributed by atoms with Gasteiger partial charge in [0.1, 0.15) is 5.69 Å². The number of hydrogen-bond donors (Lipinski definition) is 2. The molecule has 3 aromatic rings. The molecular weight excluding hydrogens is 232 g/mol. The Bertz CT molecular complexity index is 632. The number of H-pyrrole nitrogens is 1. The van der Waals surface area contributed by atoms with Crippen molar-refractivity contribution in [3.05, 3.63) is 24.0 Å². The van der Waals surface area contributed by atoms with Gasteiger partial charge in [-0.15, -0.1) is 0 Å². The zero-order valence-electron chi connectivity index (χ0n) is 10.1. The third-order valence-corrected chi connectivity index (χ3v) is 2.67. The highest BCUT2D eigenvalue weighted by Gasteiger charge is 2.12. The summed E-state index contributed by atoms with van der Waals surface area (Å²) in [5, 5.41) is 3.92. The van der Waals surface area contributed by atoms with Crippen molar-refractivity contribution in [1.82, 2.24) is 24.5 Å². The van der Waals surface area contributed by atoms with Gasteiger partial charge in [-0.25, -0.2) is 4.98 Å². The van der Waals surface area contributed by atoms with Gasteiger partial charge in [0.2, 0.25) is 17.5 Å². The van der Waals surface area contributed by atoms with Crippen LogP contribution in [0.1, 0.15) is 18.0 Å².